The number of halogens is 1. The Balaban J connectivity index is 2.02. The highest BCUT2D eigenvalue weighted by atomic mass is 79.9. The zero-order chi connectivity index (χ0) is 10.7. The number of aromatic nitrogens is 2. The summed E-state index contributed by atoms with van der Waals surface area (Å²) < 4.78 is 11.3. The highest BCUT2D eigenvalue weighted by molar-refractivity contribution is 9.10. The second kappa shape index (κ2) is 4.44. The molecule has 0 bridgehead atoms. The summed E-state index contributed by atoms with van der Waals surface area (Å²) in [7, 11) is 0. The van der Waals surface area contributed by atoms with Gasteiger partial charge in [-0.3, -0.25) is 0 Å². The van der Waals surface area contributed by atoms with Crippen LogP contribution in [0.2, 0.25) is 0 Å². The van der Waals surface area contributed by atoms with E-state index in [9.17, 15) is 0 Å². The minimum atomic E-state index is 0.281. The SMILES string of the molecule is Cc1noc(COc2ccccc2Br)n1. The molecule has 15 heavy (non-hydrogen) atoms. The van der Waals surface area contributed by atoms with Crippen molar-refractivity contribution in [3.8, 4) is 5.75 Å². The molecule has 0 aliphatic carbocycles. The molecule has 4 nitrogen and oxygen atoms in total. The summed E-state index contributed by atoms with van der Waals surface area (Å²) in [6.45, 7) is 2.05. The number of hydrogen-bond donors (Lipinski definition) is 0. The summed E-state index contributed by atoms with van der Waals surface area (Å²) in [5, 5.41) is 3.67. The van der Waals surface area contributed by atoms with Gasteiger partial charge in [-0.2, -0.15) is 4.98 Å². The smallest absolute Gasteiger partial charge is 0.264 e. The predicted molar refractivity (Wildman–Crippen MR) is 57.5 cm³/mol. The average molecular weight is 269 g/mol. The molecule has 1 heterocycles. The van der Waals surface area contributed by atoms with Crippen molar-refractivity contribution in [1.82, 2.24) is 10.1 Å². The van der Waals surface area contributed by atoms with Crippen molar-refractivity contribution in [1.29, 1.82) is 0 Å². The lowest BCUT2D eigenvalue weighted by Gasteiger charge is -2.04. The first-order valence-corrected chi connectivity index (χ1v) is 5.21. The fraction of sp³-hybridized carbons (Fsp3) is 0.200. The van der Waals surface area contributed by atoms with Gasteiger partial charge in [-0.1, -0.05) is 17.3 Å². The molecule has 1 aromatic carbocycles. The van der Waals surface area contributed by atoms with Crippen LogP contribution in [0.1, 0.15) is 11.7 Å². The Morgan fingerprint density at radius 1 is 1.40 bits per heavy atom. The van der Waals surface area contributed by atoms with Crippen LogP contribution in [-0.4, -0.2) is 10.1 Å². The van der Waals surface area contributed by atoms with E-state index in [0.29, 0.717) is 11.7 Å². The molecule has 0 atom stereocenters. The number of aryl methyl sites for hydroxylation is 1. The van der Waals surface area contributed by atoms with Crippen LogP contribution in [0.3, 0.4) is 0 Å². The summed E-state index contributed by atoms with van der Waals surface area (Å²) in [5.41, 5.74) is 0. The molecule has 0 N–H and O–H groups in total. The van der Waals surface area contributed by atoms with Crippen LogP contribution in [0.4, 0.5) is 0 Å². The van der Waals surface area contributed by atoms with Gasteiger partial charge in [-0.05, 0) is 35.0 Å². The number of ether oxygens (including phenoxy) is 1. The van der Waals surface area contributed by atoms with Gasteiger partial charge in [0.15, 0.2) is 12.4 Å². The van der Waals surface area contributed by atoms with Crippen LogP contribution >= 0.6 is 15.9 Å². The van der Waals surface area contributed by atoms with E-state index in [1.54, 1.807) is 6.92 Å². The highest BCUT2D eigenvalue weighted by Crippen LogP contribution is 2.24. The van der Waals surface area contributed by atoms with E-state index in [1.165, 1.54) is 0 Å². The molecule has 0 saturated carbocycles. The Bertz CT molecular complexity index is 456. The molecule has 1 aromatic heterocycles. The first-order valence-electron chi connectivity index (χ1n) is 4.42. The zero-order valence-corrected chi connectivity index (χ0v) is 9.69. The molecule has 2 rings (SSSR count). The largest absolute Gasteiger partial charge is 0.483 e. The molecule has 0 unspecified atom stereocenters. The lowest BCUT2D eigenvalue weighted by Crippen LogP contribution is -1.96. The average Bonchev–Trinajstić information content (AvgIpc) is 2.63. The predicted octanol–water partition coefficient (Wildman–Crippen LogP) is 2.72. The Labute approximate surface area is 95.4 Å². The number of benzene rings is 1. The minimum absolute atomic E-state index is 0.281. The van der Waals surface area contributed by atoms with Crippen molar-refractivity contribution in [2.75, 3.05) is 0 Å². The molecule has 0 saturated heterocycles. The Kier molecular flexibility index (Phi) is 3.01. The van der Waals surface area contributed by atoms with E-state index >= 15 is 0 Å². The molecule has 78 valence electrons. The highest BCUT2D eigenvalue weighted by Gasteiger charge is 2.05. The van der Waals surface area contributed by atoms with Gasteiger partial charge in [0.1, 0.15) is 5.75 Å². The van der Waals surface area contributed by atoms with Crippen LogP contribution in [0.15, 0.2) is 33.3 Å². The van der Waals surface area contributed by atoms with Crippen molar-refractivity contribution in [2.24, 2.45) is 0 Å². The third-order valence-corrected chi connectivity index (χ3v) is 2.41. The summed E-state index contributed by atoms with van der Waals surface area (Å²) in [5.74, 6) is 1.84. The van der Waals surface area contributed by atoms with Crippen LogP contribution in [0.5, 0.6) is 5.75 Å². The summed E-state index contributed by atoms with van der Waals surface area (Å²) >= 11 is 3.38. The van der Waals surface area contributed by atoms with Gasteiger partial charge < -0.3 is 9.26 Å². The Morgan fingerprint density at radius 3 is 2.87 bits per heavy atom. The van der Waals surface area contributed by atoms with E-state index in [1.807, 2.05) is 24.3 Å². The normalized spacial score (nSPS) is 10.3. The summed E-state index contributed by atoms with van der Waals surface area (Å²) in [6.07, 6.45) is 0. The third kappa shape index (κ3) is 2.56. The third-order valence-electron chi connectivity index (χ3n) is 1.76. The molecular formula is C10H9BrN2O2. The molecule has 5 heteroatoms. The molecule has 0 spiro atoms. The van der Waals surface area contributed by atoms with E-state index in [4.69, 9.17) is 9.26 Å². The van der Waals surface area contributed by atoms with Crippen molar-refractivity contribution in [3.63, 3.8) is 0 Å². The summed E-state index contributed by atoms with van der Waals surface area (Å²) in [6, 6.07) is 7.61. The second-order valence-electron chi connectivity index (χ2n) is 2.95. The number of nitrogens with zero attached hydrogens (tertiary/aromatic N) is 2. The van der Waals surface area contributed by atoms with E-state index in [2.05, 4.69) is 26.1 Å². The first kappa shape index (κ1) is 10.2. The van der Waals surface area contributed by atoms with Crippen molar-refractivity contribution in [3.05, 3.63) is 40.5 Å². The molecular weight excluding hydrogens is 260 g/mol. The Hall–Kier alpha value is -1.36. The second-order valence-corrected chi connectivity index (χ2v) is 3.81. The van der Waals surface area contributed by atoms with E-state index in [0.717, 1.165) is 10.2 Å². The van der Waals surface area contributed by atoms with Crippen molar-refractivity contribution >= 4 is 15.9 Å². The quantitative estimate of drug-likeness (QED) is 0.859. The van der Waals surface area contributed by atoms with Crippen LogP contribution in [0.25, 0.3) is 0 Å². The first-order chi connectivity index (χ1) is 7.25. The van der Waals surface area contributed by atoms with Crippen LogP contribution < -0.4 is 4.74 Å². The van der Waals surface area contributed by atoms with Crippen molar-refractivity contribution in [2.45, 2.75) is 13.5 Å². The topological polar surface area (TPSA) is 48.2 Å². The number of rotatable bonds is 3. The van der Waals surface area contributed by atoms with Gasteiger partial charge >= 0.3 is 0 Å². The van der Waals surface area contributed by atoms with E-state index < -0.39 is 0 Å². The molecule has 0 fully saturated rings. The maximum absolute atomic E-state index is 5.49. The lowest BCUT2D eigenvalue weighted by atomic mass is 10.3. The molecule has 0 amide bonds. The molecule has 0 radical (unpaired) electrons. The fourth-order valence-electron chi connectivity index (χ4n) is 1.10. The molecule has 0 aliphatic heterocycles. The maximum Gasteiger partial charge on any atom is 0.264 e. The van der Waals surface area contributed by atoms with Gasteiger partial charge in [0.2, 0.25) is 0 Å². The summed E-state index contributed by atoms with van der Waals surface area (Å²) in [4.78, 5) is 4.04. The Morgan fingerprint density at radius 2 is 2.20 bits per heavy atom. The standard InChI is InChI=1S/C10H9BrN2O2/c1-7-12-10(15-13-7)6-14-9-5-3-2-4-8(9)11/h2-5H,6H2,1H3. The number of para-hydroxylation sites is 1. The van der Waals surface area contributed by atoms with E-state index in [-0.39, 0.29) is 6.61 Å². The van der Waals surface area contributed by atoms with Gasteiger partial charge in [-0.15, -0.1) is 0 Å². The minimum Gasteiger partial charge on any atom is -0.483 e. The zero-order valence-electron chi connectivity index (χ0n) is 8.11. The maximum atomic E-state index is 5.49. The molecule has 0 aliphatic rings. The van der Waals surface area contributed by atoms with Gasteiger partial charge in [0.05, 0.1) is 4.47 Å². The van der Waals surface area contributed by atoms with Gasteiger partial charge in [-0.25, -0.2) is 0 Å². The van der Waals surface area contributed by atoms with Crippen LogP contribution in [0, 0.1) is 6.92 Å². The number of hydrogen-bond acceptors (Lipinski definition) is 4. The van der Waals surface area contributed by atoms with Crippen LogP contribution in [-0.2, 0) is 6.61 Å². The van der Waals surface area contributed by atoms with Gasteiger partial charge in [0, 0.05) is 0 Å². The fourth-order valence-corrected chi connectivity index (χ4v) is 1.50. The monoisotopic (exact) mass is 268 g/mol. The lowest BCUT2D eigenvalue weighted by molar-refractivity contribution is 0.241. The van der Waals surface area contributed by atoms with Crippen molar-refractivity contribution < 1.29 is 9.26 Å². The van der Waals surface area contributed by atoms with Gasteiger partial charge in [0.25, 0.3) is 5.89 Å². The molecule has 2 aromatic rings.